The van der Waals surface area contributed by atoms with Crippen molar-refractivity contribution in [3.05, 3.63) is 34.9 Å². The van der Waals surface area contributed by atoms with Crippen LogP contribution in [-0.2, 0) is 6.42 Å². The van der Waals surface area contributed by atoms with Gasteiger partial charge in [-0.2, -0.15) is 0 Å². The van der Waals surface area contributed by atoms with Crippen molar-refractivity contribution in [2.75, 3.05) is 6.54 Å². The molecule has 2 rings (SSSR count). The number of nitrogens with one attached hydrogen (secondary N) is 1. The fourth-order valence-electron chi connectivity index (χ4n) is 1.85. The first-order valence-corrected chi connectivity index (χ1v) is 4.40. The molecule has 0 amide bonds. The van der Waals surface area contributed by atoms with Gasteiger partial charge in [-0.25, -0.2) is 8.78 Å². The number of hydrogen-bond acceptors (Lipinski definition) is 1. The number of halogens is 2. The molecule has 70 valence electrons. The first-order valence-electron chi connectivity index (χ1n) is 4.40. The standard InChI is InChI=1S/C10H11F2N/c1-6-10-7(4-5-13-6)8(11)2-3-9(10)12/h2-3,6,13H,4-5H2,1H3/t6-/m1/s1. The summed E-state index contributed by atoms with van der Waals surface area (Å²) in [5, 5.41) is 3.10. The van der Waals surface area contributed by atoms with Crippen molar-refractivity contribution in [2.45, 2.75) is 19.4 Å². The fraction of sp³-hybridized carbons (Fsp3) is 0.400. The van der Waals surface area contributed by atoms with E-state index in [0.717, 1.165) is 0 Å². The molecule has 1 atom stereocenters. The van der Waals surface area contributed by atoms with Crippen LogP contribution in [0, 0.1) is 11.6 Å². The van der Waals surface area contributed by atoms with E-state index in [1.807, 2.05) is 6.92 Å². The largest absolute Gasteiger partial charge is 0.310 e. The summed E-state index contributed by atoms with van der Waals surface area (Å²) in [6, 6.07) is 2.31. The summed E-state index contributed by atoms with van der Waals surface area (Å²) in [5.74, 6) is -0.596. The van der Waals surface area contributed by atoms with Crippen LogP contribution in [0.3, 0.4) is 0 Å². The Morgan fingerprint density at radius 3 is 2.69 bits per heavy atom. The molecule has 3 heteroatoms. The van der Waals surface area contributed by atoms with Gasteiger partial charge in [0, 0.05) is 11.6 Å². The molecule has 0 radical (unpaired) electrons. The Morgan fingerprint density at radius 2 is 2.00 bits per heavy atom. The molecule has 0 unspecified atom stereocenters. The van der Waals surface area contributed by atoms with Crippen LogP contribution in [0.15, 0.2) is 12.1 Å². The highest BCUT2D eigenvalue weighted by Gasteiger charge is 2.22. The van der Waals surface area contributed by atoms with Crippen molar-refractivity contribution < 1.29 is 8.78 Å². The molecule has 0 aliphatic carbocycles. The van der Waals surface area contributed by atoms with E-state index in [1.54, 1.807) is 0 Å². The van der Waals surface area contributed by atoms with Crippen molar-refractivity contribution in [2.24, 2.45) is 0 Å². The van der Waals surface area contributed by atoms with Gasteiger partial charge in [0.2, 0.25) is 0 Å². The van der Waals surface area contributed by atoms with Gasteiger partial charge in [0.1, 0.15) is 11.6 Å². The average Bonchev–Trinajstić information content (AvgIpc) is 2.12. The lowest BCUT2D eigenvalue weighted by Crippen LogP contribution is -2.29. The summed E-state index contributed by atoms with van der Waals surface area (Å²) < 4.78 is 26.5. The van der Waals surface area contributed by atoms with Crippen molar-refractivity contribution in [1.82, 2.24) is 5.32 Å². The van der Waals surface area contributed by atoms with Crippen molar-refractivity contribution in [1.29, 1.82) is 0 Å². The molecule has 1 aliphatic heterocycles. The van der Waals surface area contributed by atoms with E-state index in [2.05, 4.69) is 5.32 Å². The summed E-state index contributed by atoms with van der Waals surface area (Å²) in [4.78, 5) is 0. The maximum absolute atomic E-state index is 13.3. The maximum atomic E-state index is 13.3. The zero-order valence-electron chi connectivity index (χ0n) is 7.40. The summed E-state index contributed by atoms with van der Waals surface area (Å²) in [7, 11) is 0. The van der Waals surface area contributed by atoms with Gasteiger partial charge < -0.3 is 5.32 Å². The van der Waals surface area contributed by atoms with Crippen LogP contribution in [0.5, 0.6) is 0 Å². The smallest absolute Gasteiger partial charge is 0.128 e. The van der Waals surface area contributed by atoms with Gasteiger partial charge in [-0.15, -0.1) is 0 Å². The zero-order valence-corrected chi connectivity index (χ0v) is 7.40. The molecule has 1 heterocycles. The third kappa shape index (κ3) is 1.33. The lowest BCUT2D eigenvalue weighted by atomic mass is 9.94. The Hall–Kier alpha value is -0.960. The molecule has 0 spiro atoms. The topological polar surface area (TPSA) is 12.0 Å². The van der Waals surface area contributed by atoms with E-state index in [0.29, 0.717) is 24.1 Å². The van der Waals surface area contributed by atoms with E-state index in [-0.39, 0.29) is 17.7 Å². The highest BCUT2D eigenvalue weighted by molar-refractivity contribution is 5.34. The lowest BCUT2D eigenvalue weighted by Gasteiger charge is -2.24. The Balaban J connectivity index is 2.60. The predicted octanol–water partition coefficient (Wildman–Crippen LogP) is 2.17. The van der Waals surface area contributed by atoms with Gasteiger partial charge >= 0.3 is 0 Å². The molecular formula is C10H11F2N. The van der Waals surface area contributed by atoms with Crippen molar-refractivity contribution in [3.63, 3.8) is 0 Å². The lowest BCUT2D eigenvalue weighted by molar-refractivity contribution is 0.478. The molecule has 13 heavy (non-hydrogen) atoms. The molecule has 1 N–H and O–H groups in total. The molecule has 1 aromatic rings. The zero-order chi connectivity index (χ0) is 9.42. The van der Waals surface area contributed by atoms with Crippen LogP contribution in [0.1, 0.15) is 24.1 Å². The highest BCUT2D eigenvalue weighted by atomic mass is 19.1. The van der Waals surface area contributed by atoms with Crippen molar-refractivity contribution in [3.8, 4) is 0 Å². The molecule has 0 saturated heterocycles. The normalized spacial score (nSPS) is 21.3. The van der Waals surface area contributed by atoms with Gasteiger partial charge in [0.05, 0.1) is 0 Å². The minimum atomic E-state index is -0.309. The molecule has 0 saturated carbocycles. The summed E-state index contributed by atoms with van der Waals surface area (Å²) in [6.07, 6.45) is 0.573. The van der Waals surface area contributed by atoms with Crippen LogP contribution >= 0.6 is 0 Å². The third-order valence-electron chi connectivity index (χ3n) is 2.51. The van der Waals surface area contributed by atoms with E-state index < -0.39 is 0 Å². The first kappa shape index (κ1) is 8.63. The molecule has 1 nitrogen and oxygen atoms in total. The van der Waals surface area contributed by atoms with Gasteiger partial charge in [0.15, 0.2) is 0 Å². The number of fused-ring (bicyclic) bond motifs is 1. The van der Waals surface area contributed by atoms with Crippen LogP contribution in [0.25, 0.3) is 0 Å². The van der Waals surface area contributed by atoms with Gasteiger partial charge in [-0.1, -0.05) is 0 Å². The minimum absolute atomic E-state index is 0.0838. The molecule has 0 fully saturated rings. The number of hydrogen-bond donors (Lipinski definition) is 1. The first-order chi connectivity index (χ1) is 6.20. The second-order valence-corrected chi connectivity index (χ2v) is 3.35. The second kappa shape index (κ2) is 3.07. The summed E-state index contributed by atoms with van der Waals surface area (Å²) in [6.45, 7) is 2.56. The van der Waals surface area contributed by atoms with Gasteiger partial charge in [0.25, 0.3) is 0 Å². The number of rotatable bonds is 0. The predicted molar refractivity (Wildman–Crippen MR) is 46.5 cm³/mol. The molecule has 0 bridgehead atoms. The van der Waals surface area contributed by atoms with Crippen molar-refractivity contribution >= 4 is 0 Å². The second-order valence-electron chi connectivity index (χ2n) is 3.35. The van der Waals surface area contributed by atoms with Crippen LogP contribution in [0.2, 0.25) is 0 Å². The quantitative estimate of drug-likeness (QED) is 0.650. The van der Waals surface area contributed by atoms with E-state index in [4.69, 9.17) is 0 Å². The summed E-state index contributed by atoms with van der Waals surface area (Å²) >= 11 is 0. The Bertz CT molecular complexity index is 336. The van der Waals surface area contributed by atoms with E-state index in [9.17, 15) is 8.78 Å². The van der Waals surface area contributed by atoms with Crippen LogP contribution < -0.4 is 5.32 Å². The third-order valence-corrected chi connectivity index (χ3v) is 2.51. The molecule has 1 aromatic carbocycles. The Kier molecular flexibility index (Phi) is 2.04. The van der Waals surface area contributed by atoms with E-state index >= 15 is 0 Å². The summed E-state index contributed by atoms with van der Waals surface area (Å²) in [5.41, 5.74) is 1.03. The highest BCUT2D eigenvalue weighted by Crippen LogP contribution is 2.27. The Morgan fingerprint density at radius 1 is 1.31 bits per heavy atom. The molecular weight excluding hydrogens is 172 g/mol. The minimum Gasteiger partial charge on any atom is -0.310 e. The fourth-order valence-corrected chi connectivity index (χ4v) is 1.85. The van der Waals surface area contributed by atoms with Gasteiger partial charge in [-0.3, -0.25) is 0 Å². The van der Waals surface area contributed by atoms with Gasteiger partial charge in [-0.05, 0) is 37.6 Å². The monoisotopic (exact) mass is 183 g/mol. The SMILES string of the molecule is C[C@H]1NCCc2c(F)ccc(F)c21. The van der Waals surface area contributed by atoms with Crippen LogP contribution in [-0.4, -0.2) is 6.54 Å². The van der Waals surface area contributed by atoms with E-state index in [1.165, 1.54) is 12.1 Å². The Labute approximate surface area is 75.8 Å². The molecule has 1 aliphatic rings. The number of benzene rings is 1. The molecule has 0 aromatic heterocycles. The van der Waals surface area contributed by atoms with Crippen LogP contribution in [0.4, 0.5) is 8.78 Å². The average molecular weight is 183 g/mol. The maximum Gasteiger partial charge on any atom is 0.128 e.